The minimum atomic E-state index is -0.557. The highest BCUT2D eigenvalue weighted by molar-refractivity contribution is 5.84. The molecule has 0 saturated carbocycles. The largest absolute Gasteiger partial charge is 0.368 e. The van der Waals surface area contributed by atoms with Crippen LogP contribution in [0.1, 0.15) is 11.7 Å². The van der Waals surface area contributed by atoms with Gasteiger partial charge in [-0.05, 0) is 42.0 Å². The molecule has 3 heterocycles. The van der Waals surface area contributed by atoms with Crippen LogP contribution in [0.3, 0.4) is 0 Å². The maximum absolute atomic E-state index is 13.3. The second-order valence-electron chi connectivity index (χ2n) is 5.91. The molecule has 6 nitrogen and oxygen atoms in total. The first kappa shape index (κ1) is 15.5. The van der Waals surface area contributed by atoms with Crippen LogP contribution >= 0.6 is 0 Å². The Kier molecular flexibility index (Phi) is 3.77. The fourth-order valence-electron chi connectivity index (χ4n) is 3.16. The molecule has 1 aromatic carbocycles. The number of nitrogens with zero attached hydrogens (tertiary/aromatic N) is 3. The van der Waals surface area contributed by atoms with Gasteiger partial charge in [0.15, 0.2) is 0 Å². The molecule has 3 aromatic rings. The number of benzene rings is 1. The predicted octanol–water partition coefficient (Wildman–Crippen LogP) is 1.88. The molecule has 0 aliphatic carbocycles. The van der Waals surface area contributed by atoms with Crippen LogP contribution in [0, 0.1) is 5.82 Å². The van der Waals surface area contributed by atoms with Gasteiger partial charge in [0.2, 0.25) is 5.91 Å². The lowest BCUT2D eigenvalue weighted by Gasteiger charge is -2.23. The number of nitrogens with two attached hydrogens (primary N) is 1. The number of nitrogens with one attached hydrogen (secondary N) is 1. The van der Waals surface area contributed by atoms with Crippen LogP contribution in [0.25, 0.3) is 22.4 Å². The smallest absolute Gasteiger partial charge is 0.243 e. The zero-order valence-corrected chi connectivity index (χ0v) is 13.3. The number of fused-ring (bicyclic) bond motifs is 1. The molecule has 3 N–H and O–H groups in total. The second kappa shape index (κ2) is 6.10. The highest BCUT2D eigenvalue weighted by Gasteiger charge is 2.30. The van der Waals surface area contributed by atoms with E-state index < -0.39 is 11.9 Å². The first-order valence-corrected chi connectivity index (χ1v) is 7.93. The molecule has 25 heavy (non-hydrogen) atoms. The summed E-state index contributed by atoms with van der Waals surface area (Å²) in [4.78, 5) is 15.9. The van der Waals surface area contributed by atoms with Crippen molar-refractivity contribution in [2.75, 3.05) is 6.54 Å². The quantitative estimate of drug-likeness (QED) is 0.764. The van der Waals surface area contributed by atoms with Gasteiger partial charge >= 0.3 is 0 Å². The van der Waals surface area contributed by atoms with Gasteiger partial charge in [0.25, 0.3) is 0 Å². The molecule has 126 valence electrons. The van der Waals surface area contributed by atoms with Crippen molar-refractivity contribution in [3.05, 3.63) is 60.3 Å². The summed E-state index contributed by atoms with van der Waals surface area (Å²) in [5.74, 6) is -0.752. The Morgan fingerprint density at radius 3 is 2.56 bits per heavy atom. The van der Waals surface area contributed by atoms with E-state index in [1.165, 1.54) is 12.1 Å². The maximum Gasteiger partial charge on any atom is 0.243 e. The first-order valence-electron chi connectivity index (χ1n) is 7.93. The van der Waals surface area contributed by atoms with Crippen molar-refractivity contribution < 1.29 is 9.18 Å². The molecular weight excluding hydrogens is 321 g/mol. The molecule has 4 rings (SSSR count). The van der Waals surface area contributed by atoms with E-state index in [4.69, 9.17) is 5.73 Å². The van der Waals surface area contributed by atoms with E-state index in [-0.39, 0.29) is 5.82 Å². The van der Waals surface area contributed by atoms with Crippen molar-refractivity contribution >= 4 is 5.91 Å². The van der Waals surface area contributed by atoms with Gasteiger partial charge < -0.3 is 11.1 Å². The van der Waals surface area contributed by atoms with Gasteiger partial charge in [0.05, 0.1) is 5.69 Å². The normalized spacial score (nSPS) is 16.4. The van der Waals surface area contributed by atoms with Gasteiger partial charge in [-0.2, -0.15) is 5.10 Å². The third-order valence-electron chi connectivity index (χ3n) is 4.35. The number of amides is 1. The maximum atomic E-state index is 13.3. The Balaban J connectivity index is 1.97. The number of halogens is 1. The summed E-state index contributed by atoms with van der Waals surface area (Å²) < 4.78 is 15.0. The van der Waals surface area contributed by atoms with E-state index >= 15 is 0 Å². The second-order valence-corrected chi connectivity index (χ2v) is 5.91. The van der Waals surface area contributed by atoms with Crippen LogP contribution in [0.4, 0.5) is 4.39 Å². The number of hydrogen-bond donors (Lipinski definition) is 2. The summed E-state index contributed by atoms with van der Waals surface area (Å²) in [5, 5.41) is 7.88. The number of pyridine rings is 1. The summed E-state index contributed by atoms with van der Waals surface area (Å²) in [6, 6.07) is 9.37. The Hall–Kier alpha value is -3.06. The highest BCUT2D eigenvalue weighted by Crippen LogP contribution is 2.36. The van der Waals surface area contributed by atoms with Crippen LogP contribution < -0.4 is 11.1 Å². The van der Waals surface area contributed by atoms with E-state index in [0.29, 0.717) is 18.8 Å². The molecule has 1 amide bonds. The summed E-state index contributed by atoms with van der Waals surface area (Å²) in [5.41, 5.74) is 9.71. The predicted molar refractivity (Wildman–Crippen MR) is 90.8 cm³/mol. The molecule has 0 bridgehead atoms. The molecule has 1 aliphatic heterocycles. The number of carbonyl (C=O) groups is 1. The van der Waals surface area contributed by atoms with Crippen LogP contribution in [0.5, 0.6) is 0 Å². The molecule has 7 heteroatoms. The van der Waals surface area contributed by atoms with E-state index in [0.717, 1.165) is 22.4 Å². The van der Waals surface area contributed by atoms with Gasteiger partial charge in [0.1, 0.15) is 17.6 Å². The molecule has 0 radical (unpaired) electrons. The molecule has 0 fully saturated rings. The minimum absolute atomic E-state index is 0.310. The number of hydrogen-bond acceptors (Lipinski definition) is 4. The van der Waals surface area contributed by atoms with E-state index in [9.17, 15) is 9.18 Å². The molecule has 0 spiro atoms. The van der Waals surface area contributed by atoms with Crippen molar-refractivity contribution in [2.24, 2.45) is 5.73 Å². The molecule has 1 aliphatic rings. The fraction of sp³-hybridized carbons (Fsp3) is 0.167. The number of rotatable bonds is 3. The van der Waals surface area contributed by atoms with Gasteiger partial charge in [0, 0.05) is 36.6 Å². The monoisotopic (exact) mass is 337 g/mol. The summed E-state index contributed by atoms with van der Waals surface area (Å²) >= 11 is 0. The minimum Gasteiger partial charge on any atom is -0.368 e. The Morgan fingerprint density at radius 2 is 1.88 bits per heavy atom. The summed E-state index contributed by atoms with van der Waals surface area (Å²) in [6.07, 6.45) is 3.41. The lowest BCUT2D eigenvalue weighted by atomic mass is 9.99. The van der Waals surface area contributed by atoms with Crippen molar-refractivity contribution in [3.63, 3.8) is 0 Å². The molecule has 0 saturated heterocycles. The third-order valence-corrected chi connectivity index (χ3v) is 4.35. The Morgan fingerprint density at radius 1 is 1.16 bits per heavy atom. The van der Waals surface area contributed by atoms with Gasteiger partial charge in [-0.1, -0.05) is 0 Å². The number of carbonyl (C=O) groups excluding carboxylic acids is 1. The van der Waals surface area contributed by atoms with Crippen molar-refractivity contribution in [3.8, 4) is 22.4 Å². The van der Waals surface area contributed by atoms with Gasteiger partial charge in [-0.3, -0.25) is 14.5 Å². The fourth-order valence-corrected chi connectivity index (χ4v) is 3.16. The summed E-state index contributed by atoms with van der Waals surface area (Å²) in [6.45, 7) is 0.998. The van der Waals surface area contributed by atoms with Crippen molar-refractivity contribution in [2.45, 2.75) is 12.6 Å². The van der Waals surface area contributed by atoms with Crippen LogP contribution in [0.2, 0.25) is 0 Å². The SMILES string of the molecule is NC(=O)C1CNCc2c(-c3ccncc3)c(-c3ccc(F)cc3)nn21. The van der Waals surface area contributed by atoms with E-state index in [1.54, 1.807) is 29.2 Å². The zero-order valence-electron chi connectivity index (χ0n) is 13.3. The lowest BCUT2D eigenvalue weighted by Crippen LogP contribution is -2.40. The van der Waals surface area contributed by atoms with Crippen LogP contribution in [-0.4, -0.2) is 27.2 Å². The first-order chi connectivity index (χ1) is 12.1. The third kappa shape index (κ3) is 2.68. The van der Waals surface area contributed by atoms with Gasteiger partial charge in [-0.15, -0.1) is 0 Å². The van der Waals surface area contributed by atoms with E-state index in [1.807, 2.05) is 12.1 Å². The standard InChI is InChI=1S/C18H16FN5O/c19-13-3-1-12(2-4-13)17-16(11-5-7-21-8-6-11)14-9-22-10-15(18(20)25)24(14)23-17/h1-8,15,22H,9-10H2,(H2,20,25). The summed E-state index contributed by atoms with van der Waals surface area (Å²) in [7, 11) is 0. The highest BCUT2D eigenvalue weighted by atomic mass is 19.1. The zero-order chi connectivity index (χ0) is 17.4. The number of primary amides is 1. The van der Waals surface area contributed by atoms with Crippen molar-refractivity contribution in [1.82, 2.24) is 20.1 Å². The van der Waals surface area contributed by atoms with Gasteiger partial charge in [-0.25, -0.2) is 4.39 Å². The number of aromatic nitrogens is 3. The molecule has 1 unspecified atom stereocenters. The molecule has 1 atom stereocenters. The average Bonchev–Trinajstić information content (AvgIpc) is 3.02. The Labute approximate surface area is 143 Å². The topological polar surface area (TPSA) is 85.8 Å². The van der Waals surface area contributed by atoms with Crippen molar-refractivity contribution in [1.29, 1.82) is 0 Å². The van der Waals surface area contributed by atoms with E-state index in [2.05, 4.69) is 15.4 Å². The van der Waals surface area contributed by atoms with Crippen LogP contribution in [-0.2, 0) is 11.3 Å². The molecular formula is C18H16FN5O. The molecule has 2 aromatic heterocycles. The Bertz CT molecular complexity index is 921. The lowest BCUT2D eigenvalue weighted by molar-refractivity contribution is -0.121. The average molecular weight is 337 g/mol. The van der Waals surface area contributed by atoms with Crippen LogP contribution in [0.15, 0.2) is 48.8 Å².